The van der Waals surface area contributed by atoms with Crippen molar-refractivity contribution in [2.45, 2.75) is 25.3 Å². The second kappa shape index (κ2) is 13.1. The van der Waals surface area contributed by atoms with E-state index in [0.29, 0.717) is 25.8 Å². The van der Waals surface area contributed by atoms with E-state index in [1.165, 1.54) is 25.7 Å². The van der Waals surface area contributed by atoms with E-state index in [-0.39, 0.29) is 13.2 Å². The minimum absolute atomic E-state index is 0.00249. The number of rotatable bonds is 11. The number of esters is 1. The van der Waals surface area contributed by atoms with Crippen LogP contribution in [0.4, 0.5) is 0 Å². The average molecular weight is 283 g/mol. The average Bonchev–Trinajstić information content (AvgIpc) is 2.46. The third kappa shape index (κ3) is 9.70. The molecular weight excluding hydrogens is 266 g/mol. The Morgan fingerprint density at radius 1 is 1.20 bits per heavy atom. The summed E-state index contributed by atoms with van der Waals surface area (Å²) in [5, 5.41) is 0. The van der Waals surface area contributed by atoms with Crippen LogP contribution in [-0.4, -0.2) is 57.4 Å². The Morgan fingerprint density at radius 2 is 1.90 bits per heavy atom. The van der Waals surface area contributed by atoms with Crippen LogP contribution in [0.15, 0.2) is 15.0 Å². The number of isocyanates is 2. The summed E-state index contributed by atoms with van der Waals surface area (Å²) in [5.74, 6) is -0.515. The van der Waals surface area contributed by atoms with Gasteiger partial charge in [-0.05, 0) is 19.3 Å². The maximum atomic E-state index is 11.7. The van der Waals surface area contributed by atoms with Crippen LogP contribution in [-0.2, 0) is 23.9 Å². The molecule has 0 fully saturated rings. The normalized spacial score (nSPS) is 11.2. The third-order valence-corrected chi connectivity index (χ3v) is 2.19. The molecule has 1 unspecified atom stereocenters. The molecule has 8 heteroatoms. The van der Waals surface area contributed by atoms with Gasteiger partial charge < -0.3 is 9.47 Å². The Hall–Kier alpha value is -2.30. The van der Waals surface area contributed by atoms with Crippen LogP contribution in [0.2, 0.25) is 0 Å². The van der Waals surface area contributed by atoms with Crippen LogP contribution < -0.4 is 0 Å². The van der Waals surface area contributed by atoms with Crippen LogP contribution in [0, 0.1) is 0 Å². The van der Waals surface area contributed by atoms with E-state index in [0.717, 1.165) is 0 Å². The van der Waals surface area contributed by atoms with Gasteiger partial charge in [-0.3, -0.25) is 0 Å². The number of methoxy groups -OCH3 is 1. The van der Waals surface area contributed by atoms with E-state index in [1.54, 1.807) is 0 Å². The van der Waals surface area contributed by atoms with Crippen molar-refractivity contribution in [1.82, 2.24) is 0 Å². The van der Waals surface area contributed by atoms with Crippen molar-refractivity contribution >= 4 is 24.5 Å². The Balaban J connectivity index is 4.16. The van der Waals surface area contributed by atoms with Crippen LogP contribution in [0.5, 0.6) is 0 Å². The summed E-state index contributed by atoms with van der Waals surface area (Å²) in [4.78, 5) is 42.0. The van der Waals surface area contributed by atoms with Gasteiger partial charge >= 0.3 is 5.97 Å². The molecule has 0 aromatic heterocycles. The summed E-state index contributed by atoms with van der Waals surface area (Å²) in [6, 6.07) is -0.685. The van der Waals surface area contributed by atoms with Gasteiger partial charge in [0.15, 0.2) is 12.4 Å². The molecule has 0 aliphatic carbocycles. The molecule has 0 bridgehead atoms. The maximum absolute atomic E-state index is 11.7. The fraction of sp³-hybridized carbons (Fsp3) is 0.667. The van der Waals surface area contributed by atoms with Gasteiger partial charge in [0.1, 0.15) is 6.61 Å². The van der Waals surface area contributed by atoms with Gasteiger partial charge in [0, 0.05) is 0 Å². The molecule has 0 saturated carbocycles. The quantitative estimate of drug-likeness (QED) is 0.179. The third-order valence-electron chi connectivity index (χ3n) is 2.19. The highest BCUT2D eigenvalue weighted by atomic mass is 16.5. The summed E-state index contributed by atoms with van der Waals surface area (Å²) in [7, 11) is 1.42. The van der Waals surface area contributed by atoms with Crippen LogP contribution in [0.1, 0.15) is 19.3 Å². The van der Waals surface area contributed by atoms with Crippen molar-refractivity contribution in [3.05, 3.63) is 0 Å². The van der Waals surface area contributed by atoms with E-state index in [9.17, 15) is 14.4 Å². The van der Waals surface area contributed by atoms with E-state index in [1.807, 2.05) is 0 Å². The minimum Gasteiger partial charge on any atom is -0.487 e. The number of ether oxygens (including phenoxy) is 2. The predicted octanol–water partition coefficient (Wildman–Crippen LogP) is 0.415. The molecular formula is C12H17N3O5. The van der Waals surface area contributed by atoms with Crippen molar-refractivity contribution in [3.63, 3.8) is 0 Å². The lowest BCUT2D eigenvalue weighted by Gasteiger charge is -2.10. The highest BCUT2D eigenvalue weighted by molar-refractivity contribution is 5.77. The molecule has 20 heavy (non-hydrogen) atoms. The molecule has 0 rings (SSSR count). The number of hydrogen-bond donors (Lipinski definition) is 0. The highest BCUT2D eigenvalue weighted by Gasteiger charge is 2.18. The molecule has 0 heterocycles. The lowest BCUT2D eigenvalue weighted by molar-refractivity contribution is -0.145. The first-order valence-corrected chi connectivity index (χ1v) is 6.04. The minimum atomic E-state index is -0.685. The first-order chi connectivity index (χ1) is 9.76. The largest absolute Gasteiger partial charge is 0.487 e. The Kier molecular flexibility index (Phi) is 11.6. The highest BCUT2D eigenvalue weighted by Crippen LogP contribution is 2.07. The molecule has 0 N–H and O–H groups in total. The second-order valence-electron chi connectivity index (χ2n) is 3.62. The van der Waals surface area contributed by atoms with Crippen molar-refractivity contribution in [1.29, 1.82) is 0 Å². The van der Waals surface area contributed by atoms with Crippen LogP contribution >= 0.6 is 0 Å². The number of aliphatic imine (C=N–C) groups is 3. The van der Waals surface area contributed by atoms with Crippen LogP contribution in [0.25, 0.3) is 0 Å². The standard InChI is InChI=1S/C12H17N3O5/c1-19-10-15-11(4-2-3-5-13-8-16)12(18)20-7-6-14-9-17/h10-11H,2-7H2,1H3. The number of hydrogen-bond acceptors (Lipinski definition) is 8. The SMILES string of the molecule is COC=NC(CCCCN=C=O)C(=O)OCCN=C=O. The lowest BCUT2D eigenvalue weighted by atomic mass is 10.1. The predicted molar refractivity (Wildman–Crippen MR) is 70.1 cm³/mol. The first kappa shape index (κ1) is 17.7. The van der Waals surface area contributed by atoms with Gasteiger partial charge in [0.25, 0.3) is 0 Å². The van der Waals surface area contributed by atoms with E-state index >= 15 is 0 Å². The Labute approximate surface area is 116 Å². The van der Waals surface area contributed by atoms with Gasteiger partial charge in [-0.1, -0.05) is 0 Å². The van der Waals surface area contributed by atoms with Crippen molar-refractivity contribution in [2.75, 3.05) is 26.8 Å². The maximum Gasteiger partial charge on any atom is 0.331 e. The summed E-state index contributed by atoms with van der Waals surface area (Å²) in [6.07, 6.45) is 5.71. The fourth-order valence-corrected chi connectivity index (χ4v) is 1.30. The molecule has 0 aliphatic heterocycles. The van der Waals surface area contributed by atoms with Gasteiger partial charge in [-0.15, -0.1) is 0 Å². The zero-order chi connectivity index (χ0) is 15.1. The number of nitrogens with zero attached hydrogens (tertiary/aromatic N) is 3. The summed E-state index contributed by atoms with van der Waals surface area (Å²) < 4.78 is 9.59. The van der Waals surface area contributed by atoms with Gasteiger partial charge in [-0.2, -0.15) is 0 Å². The van der Waals surface area contributed by atoms with Crippen molar-refractivity contribution < 1.29 is 23.9 Å². The van der Waals surface area contributed by atoms with Crippen LogP contribution in [0.3, 0.4) is 0 Å². The fourth-order valence-electron chi connectivity index (χ4n) is 1.30. The first-order valence-electron chi connectivity index (χ1n) is 6.04. The smallest absolute Gasteiger partial charge is 0.331 e. The molecule has 0 aliphatic rings. The molecule has 0 spiro atoms. The van der Waals surface area contributed by atoms with Crippen molar-refractivity contribution in [3.8, 4) is 0 Å². The molecule has 1 atom stereocenters. The molecule has 0 saturated heterocycles. The summed E-state index contributed by atoms with van der Waals surface area (Å²) >= 11 is 0. The zero-order valence-electron chi connectivity index (χ0n) is 11.3. The Bertz CT molecular complexity index is 398. The van der Waals surface area contributed by atoms with Crippen molar-refractivity contribution in [2.24, 2.45) is 15.0 Å². The monoisotopic (exact) mass is 283 g/mol. The van der Waals surface area contributed by atoms with Gasteiger partial charge in [0.05, 0.1) is 20.2 Å². The topological polar surface area (TPSA) is 107 Å². The lowest BCUT2D eigenvalue weighted by Crippen LogP contribution is -2.23. The number of unbranched alkanes of at least 4 members (excludes halogenated alkanes) is 1. The zero-order valence-corrected chi connectivity index (χ0v) is 11.3. The van der Waals surface area contributed by atoms with E-state index in [4.69, 9.17) is 4.74 Å². The molecule has 8 nitrogen and oxygen atoms in total. The van der Waals surface area contributed by atoms with E-state index in [2.05, 4.69) is 19.7 Å². The summed E-state index contributed by atoms with van der Waals surface area (Å²) in [5.41, 5.74) is 0. The van der Waals surface area contributed by atoms with E-state index < -0.39 is 12.0 Å². The molecule has 0 radical (unpaired) electrons. The number of carbonyl (C=O) groups is 1. The second-order valence-corrected chi connectivity index (χ2v) is 3.62. The van der Waals surface area contributed by atoms with Gasteiger partial charge in [-0.25, -0.2) is 29.4 Å². The molecule has 110 valence electrons. The number of carbonyl (C=O) groups excluding carboxylic acids is 3. The molecule has 0 aromatic rings. The Morgan fingerprint density at radius 3 is 2.55 bits per heavy atom. The van der Waals surface area contributed by atoms with Gasteiger partial charge in [0.2, 0.25) is 12.2 Å². The molecule has 0 aromatic carbocycles. The summed E-state index contributed by atoms with van der Waals surface area (Å²) in [6.45, 7) is 0.444. The molecule has 0 amide bonds.